The van der Waals surface area contributed by atoms with E-state index < -0.39 is 26.1 Å². The van der Waals surface area contributed by atoms with Crippen molar-refractivity contribution >= 4 is 20.0 Å². The van der Waals surface area contributed by atoms with Crippen LogP contribution in [0.15, 0.2) is 70.2 Å². The Hall–Kier alpha value is -2.32. The summed E-state index contributed by atoms with van der Waals surface area (Å²) in [6.45, 7) is 7.74. The monoisotopic (exact) mass is 490 g/mol. The van der Waals surface area contributed by atoms with Gasteiger partial charge in [0.15, 0.2) is 0 Å². The van der Waals surface area contributed by atoms with Crippen molar-refractivity contribution in [3.8, 4) is 0 Å². The molecular weight excluding hydrogens is 456 g/mol. The molecule has 1 aliphatic rings. The fourth-order valence-electron chi connectivity index (χ4n) is 3.93. The topological polar surface area (TPSA) is 74.8 Å². The second-order valence-corrected chi connectivity index (χ2v) is 12.5. The fraction of sp³-hybridized carbons (Fsp3) is 0.440. The van der Waals surface area contributed by atoms with Crippen molar-refractivity contribution in [1.82, 2.24) is 8.61 Å². The molecule has 0 radical (unpaired) electrons. The Kier molecular flexibility index (Phi) is 7.90. The molecular formula is C25H34N2O4S2. The molecule has 0 aliphatic carbocycles. The van der Waals surface area contributed by atoms with Gasteiger partial charge in [0.25, 0.3) is 20.0 Å². The van der Waals surface area contributed by atoms with E-state index in [4.69, 9.17) is 0 Å². The maximum atomic E-state index is 13.5. The lowest BCUT2D eigenvalue weighted by Crippen LogP contribution is -2.48. The first-order valence-electron chi connectivity index (χ1n) is 11.5. The van der Waals surface area contributed by atoms with Crippen LogP contribution < -0.4 is 0 Å². The summed E-state index contributed by atoms with van der Waals surface area (Å²) in [5.41, 5.74) is 2.47. The third kappa shape index (κ3) is 5.61. The van der Waals surface area contributed by atoms with Crippen LogP contribution in [0.2, 0.25) is 0 Å². The van der Waals surface area contributed by atoms with Gasteiger partial charge in [0.1, 0.15) is 0 Å². The first-order chi connectivity index (χ1) is 15.6. The fourth-order valence-corrected chi connectivity index (χ4v) is 7.04. The van der Waals surface area contributed by atoms with Crippen LogP contribution in [0.25, 0.3) is 0 Å². The van der Waals surface area contributed by atoms with E-state index in [-0.39, 0.29) is 16.3 Å². The van der Waals surface area contributed by atoms with E-state index in [0.717, 1.165) is 36.8 Å². The van der Waals surface area contributed by atoms with Crippen molar-refractivity contribution in [2.75, 3.05) is 6.54 Å². The van der Waals surface area contributed by atoms with Gasteiger partial charge < -0.3 is 0 Å². The standard InChI is InChI=1S/C25H34N2O4S2/c1-5-6-7-8-9-23-19-26(32(28,29)24-14-10-20(2)11-15-24)22(4)18-27(23)33(30,31)25-16-12-21(3)13-17-25/h10-17,19,22H,5-9,18H2,1-4H3. The molecule has 0 N–H and O–H groups in total. The van der Waals surface area contributed by atoms with Gasteiger partial charge in [-0.05, 0) is 57.9 Å². The minimum atomic E-state index is -3.80. The van der Waals surface area contributed by atoms with Crippen molar-refractivity contribution in [3.63, 3.8) is 0 Å². The second kappa shape index (κ2) is 10.3. The zero-order valence-corrected chi connectivity index (χ0v) is 21.5. The van der Waals surface area contributed by atoms with Gasteiger partial charge in [-0.1, -0.05) is 61.6 Å². The maximum Gasteiger partial charge on any atom is 0.264 e. The molecule has 1 aliphatic heterocycles. The highest BCUT2D eigenvalue weighted by atomic mass is 32.2. The molecule has 3 rings (SSSR count). The van der Waals surface area contributed by atoms with E-state index in [1.807, 2.05) is 13.8 Å². The van der Waals surface area contributed by atoms with Crippen molar-refractivity contribution in [2.24, 2.45) is 0 Å². The molecule has 2 aromatic carbocycles. The van der Waals surface area contributed by atoms with Crippen molar-refractivity contribution < 1.29 is 16.8 Å². The molecule has 1 heterocycles. The van der Waals surface area contributed by atoms with Gasteiger partial charge in [-0.2, -0.15) is 0 Å². The number of aryl methyl sites for hydroxylation is 2. The predicted molar refractivity (Wildman–Crippen MR) is 132 cm³/mol. The number of unbranched alkanes of at least 4 members (excludes halogenated alkanes) is 3. The molecule has 0 spiro atoms. The predicted octanol–water partition coefficient (Wildman–Crippen LogP) is 5.20. The van der Waals surface area contributed by atoms with E-state index in [1.54, 1.807) is 55.5 Å². The summed E-state index contributed by atoms with van der Waals surface area (Å²) < 4.78 is 56.6. The molecule has 1 atom stereocenters. The average molecular weight is 491 g/mol. The summed E-state index contributed by atoms with van der Waals surface area (Å²) in [7, 11) is -7.60. The molecule has 0 amide bonds. The Balaban J connectivity index is 2.01. The Morgan fingerprint density at radius 3 is 1.82 bits per heavy atom. The molecule has 0 bridgehead atoms. The quantitative estimate of drug-likeness (QED) is 0.453. The molecule has 6 nitrogen and oxygen atoms in total. The number of allylic oxidation sites excluding steroid dienone is 1. The summed E-state index contributed by atoms with van der Waals surface area (Å²) in [6, 6.07) is 13.0. The molecule has 0 saturated heterocycles. The number of hydrogen-bond acceptors (Lipinski definition) is 4. The molecule has 0 saturated carbocycles. The smallest absolute Gasteiger partial charge is 0.264 e. The Labute approximate surface area is 199 Å². The van der Waals surface area contributed by atoms with Gasteiger partial charge in [-0.3, -0.25) is 8.61 Å². The molecule has 2 aromatic rings. The highest BCUT2D eigenvalue weighted by Gasteiger charge is 2.37. The third-order valence-electron chi connectivity index (χ3n) is 5.95. The molecule has 1 unspecified atom stereocenters. The number of hydrogen-bond donors (Lipinski definition) is 0. The van der Waals surface area contributed by atoms with Crippen LogP contribution in [-0.2, 0) is 20.0 Å². The molecule has 8 heteroatoms. The number of sulfonamides is 2. The Bertz CT molecular complexity index is 1190. The highest BCUT2D eigenvalue weighted by molar-refractivity contribution is 7.89. The van der Waals surface area contributed by atoms with Gasteiger partial charge in [0.2, 0.25) is 0 Å². The summed E-state index contributed by atoms with van der Waals surface area (Å²) in [5, 5.41) is 0. The van der Waals surface area contributed by atoms with Crippen LogP contribution in [0.5, 0.6) is 0 Å². The van der Waals surface area contributed by atoms with Crippen LogP contribution in [0.3, 0.4) is 0 Å². The summed E-state index contributed by atoms with van der Waals surface area (Å²) in [4.78, 5) is 0.422. The van der Waals surface area contributed by atoms with Crippen molar-refractivity contribution in [2.45, 2.75) is 75.6 Å². The van der Waals surface area contributed by atoms with Gasteiger partial charge in [0, 0.05) is 11.9 Å². The van der Waals surface area contributed by atoms with Crippen LogP contribution in [0.1, 0.15) is 57.1 Å². The summed E-state index contributed by atoms with van der Waals surface area (Å²) >= 11 is 0. The Morgan fingerprint density at radius 2 is 1.30 bits per heavy atom. The van der Waals surface area contributed by atoms with Crippen molar-refractivity contribution in [3.05, 3.63) is 71.6 Å². The third-order valence-corrected chi connectivity index (χ3v) is 9.67. The Morgan fingerprint density at radius 1 is 0.788 bits per heavy atom. The zero-order valence-electron chi connectivity index (χ0n) is 19.9. The van der Waals surface area contributed by atoms with Crippen LogP contribution in [-0.4, -0.2) is 38.0 Å². The van der Waals surface area contributed by atoms with Crippen LogP contribution >= 0.6 is 0 Å². The summed E-state index contributed by atoms with van der Waals surface area (Å²) in [5.74, 6) is 0. The maximum absolute atomic E-state index is 13.5. The van der Waals surface area contributed by atoms with Gasteiger partial charge in [-0.15, -0.1) is 0 Å². The summed E-state index contributed by atoms with van der Waals surface area (Å²) in [6.07, 6.45) is 5.91. The van der Waals surface area contributed by atoms with Gasteiger partial charge >= 0.3 is 0 Å². The van der Waals surface area contributed by atoms with E-state index >= 15 is 0 Å². The van der Waals surface area contributed by atoms with E-state index in [0.29, 0.717) is 12.1 Å². The molecule has 0 fully saturated rings. The molecule has 180 valence electrons. The first kappa shape index (κ1) is 25.3. The largest absolute Gasteiger partial charge is 0.267 e. The number of benzene rings is 2. The highest BCUT2D eigenvalue weighted by Crippen LogP contribution is 2.32. The van der Waals surface area contributed by atoms with Crippen LogP contribution in [0.4, 0.5) is 0 Å². The van der Waals surface area contributed by atoms with Crippen molar-refractivity contribution in [1.29, 1.82) is 0 Å². The lowest BCUT2D eigenvalue weighted by atomic mass is 10.1. The average Bonchev–Trinajstić information content (AvgIpc) is 2.77. The minimum absolute atomic E-state index is 0.0703. The lowest BCUT2D eigenvalue weighted by Gasteiger charge is -2.39. The lowest BCUT2D eigenvalue weighted by molar-refractivity contribution is 0.307. The first-order valence-corrected chi connectivity index (χ1v) is 14.4. The van der Waals surface area contributed by atoms with Gasteiger partial charge in [-0.25, -0.2) is 16.8 Å². The van der Waals surface area contributed by atoms with E-state index in [1.165, 1.54) is 14.8 Å². The molecule has 0 aromatic heterocycles. The van der Waals surface area contributed by atoms with Crippen LogP contribution in [0, 0.1) is 13.8 Å². The number of nitrogens with zero attached hydrogens (tertiary/aromatic N) is 2. The minimum Gasteiger partial charge on any atom is -0.267 e. The zero-order chi connectivity index (χ0) is 24.2. The van der Waals surface area contributed by atoms with E-state index in [2.05, 4.69) is 6.92 Å². The normalized spacial score (nSPS) is 17.2. The van der Waals surface area contributed by atoms with Gasteiger partial charge in [0.05, 0.1) is 22.4 Å². The SMILES string of the molecule is CCCCCCC1=CN(S(=O)(=O)c2ccc(C)cc2)C(C)CN1S(=O)(=O)c1ccc(C)cc1. The molecule has 33 heavy (non-hydrogen) atoms. The number of rotatable bonds is 9. The van der Waals surface area contributed by atoms with E-state index in [9.17, 15) is 16.8 Å². The second-order valence-electron chi connectivity index (χ2n) is 8.78.